The summed E-state index contributed by atoms with van der Waals surface area (Å²) in [4.78, 5) is 3.84. The molecule has 0 aliphatic heterocycles. The number of aromatic nitrogens is 1. The van der Waals surface area contributed by atoms with E-state index in [0.29, 0.717) is 10.9 Å². The quantitative estimate of drug-likeness (QED) is 0.611. The molecule has 0 N–H and O–H groups in total. The van der Waals surface area contributed by atoms with Gasteiger partial charge in [-0.3, -0.25) is 4.98 Å². The highest BCUT2D eigenvalue weighted by atomic mass is 19.1. The summed E-state index contributed by atoms with van der Waals surface area (Å²) in [6.45, 7) is 0. The van der Waals surface area contributed by atoms with Gasteiger partial charge in [0.15, 0.2) is 0 Å². The van der Waals surface area contributed by atoms with Gasteiger partial charge in [0.25, 0.3) is 0 Å². The number of pyridine rings is 1. The number of fused-ring (bicyclic) bond motifs is 1. The van der Waals surface area contributed by atoms with Gasteiger partial charge < -0.3 is 0 Å². The lowest BCUT2D eigenvalue weighted by molar-refractivity contribution is 0.629. The molecule has 3 heteroatoms. The minimum absolute atomic E-state index is 0.315. The maximum atomic E-state index is 12.8. The van der Waals surface area contributed by atoms with Crippen molar-refractivity contribution in [2.75, 3.05) is 0 Å². The van der Waals surface area contributed by atoms with E-state index in [1.807, 2.05) is 6.07 Å². The van der Waals surface area contributed by atoms with Crippen LogP contribution in [0.4, 0.5) is 4.39 Å². The largest absolute Gasteiger partial charge is 0.263 e. The van der Waals surface area contributed by atoms with Gasteiger partial charge in [-0.05, 0) is 12.1 Å². The molecule has 2 nitrogen and oxygen atoms in total. The second-order valence-corrected chi connectivity index (χ2v) is 2.66. The average molecular weight is 172 g/mol. The van der Waals surface area contributed by atoms with Crippen LogP contribution in [-0.4, -0.2) is 4.98 Å². The number of halogens is 1. The molecule has 2 rings (SSSR count). The molecule has 0 unspecified atom stereocenters. The number of rotatable bonds is 0. The molecule has 1 aromatic carbocycles. The normalized spacial score (nSPS) is 9.85. The van der Waals surface area contributed by atoms with E-state index in [0.717, 1.165) is 5.39 Å². The van der Waals surface area contributed by atoms with Gasteiger partial charge in [0.05, 0.1) is 5.56 Å². The topological polar surface area (TPSA) is 36.7 Å². The van der Waals surface area contributed by atoms with Crippen LogP contribution in [0.3, 0.4) is 0 Å². The predicted octanol–water partition coefficient (Wildman–Crippen LogP) is 2.25. The molecule has 0 spiro atoms. The summed E-state index contributed by atoms with van der Waals surface area (Å²) in [5.74, 6) is -0.315. The van der Waals surface area contributed by atoms with E-state index in [4.69, 9.17) is 5.26 Å². The number of nitriles is 1. The SMILES string of the molecule is N#Cc1cncc2cc(F)ccc12. The third-order valence-corrected chi connectivity index (χ3v) is 1.84. The first-order valence-electron chi connectivity index (χ1n) is 3.74. The molecule has 62 valence electrons. The van der Waals surface area contributed by atoms with Crippen LogP contribution in [0.5, 0.6) is 0 Å². The van der Waals surface area contributed by atoms with E-state index >= 15 is 0 Å². The van der Waals surface area contributed by atoms with Gasteiger partial charge in [-0.25, -0.2) is 4.39 Å². The third-order valence-electron chi connectivity index (χ3n) is 1.84. The van der Waals surface area contributed by atoms with Crippen molar-refractivity contribution in [2.45, 2.75) is 0 Å². The molecule has 0 aliphatic rings. The van der Waals surface area contributed by atoms with Crippen LogP contribution in [0.1, 0.15) is 5.56 Å². The van der Waals surface area contributed by atoms with E-state index < -0.39 is 0 Å². The Morgan fingerprint density at radius 3 is 2.92 bits per heavy atom. The van der Waals surface area contributed by atoms with Crippen molar-refractivity contribution in [3.8, 4) is 6.07 Å². The second kappa shape index (κ2) is 2.83. The fraction of sp³-hybridized carbons (Fsp3) is 0. The Labute approximate surface area is 74.3 Å². The molecule has 0 saturated carbocycles. The van der Waals surface area contributed by atoms with Gasteiger partial charge in [0.1, 0.15) is 11.9 Å². The number of benzene rings is 1. The lowest BCUT2D eigenvalue weighted by Crippen LogP contribution is -1.83. The number of hydrogen-bond acceptors (Lipinski definition) is 2. The Hall–Kier alpha value is -1.95. The van der Waals surface area contributed by atoms with Crippen LogP contribution < -0.4 is 0 Å². The molecule has 2 aromatic rings. The summed E-state index contributed by atoms with van der Waals surface area (Å²) in [7, 11) is 0. The van der Waals surface area contributed by atoms with Crippen LogP contribution in [0, 0.1) is 17.1 Å². The van der Waals surface area contributed by atoms with Crippen LogP contribution in [0.2, 0.25) is 0 Å². The van der Waals surface area contributed by atoms with Crippen molar-refractivity contribution in [1.29, 1.82) is 5.26 Å². The smallest absolute Gasteiger partial charge is 0.123 e. The lowest BCUT2D eigenvalue weighted by atomic mass is 10.1. The maximum absolute atomic E-state index is 12.8. The fourth-order valence-corrected chi connectivity index (χ4v) is 1.24. The lowest BCUT2D eigenvalue weighted by Gasteiger charge is -1.97. The number of hydrogen-bond donors (Lipinski definition) is 0. The monoisotopic (exact) mass is 172 g/mol. The number of nitrogens with zero attached hydrogens (tertiary/aromatic N) is 2. The van der Waals surface area contributed by atoms with E-state index in [2.05, 4.69) is 4.98 Å². The highest BCUT2D eigenvalue weighted by molar-refractivity contribution is 5.86. The zero-order chi connectivity index (χ0) is 9.26. The maximum Gasteiger partial charge on any atom is 0.123 e. The van der Waals surface area contributed by atoms with Gasteiger partial charge in [0, 0.05) is 23.2 Å². The van der Waals surface area contributed by atoms with Crippen molar-refractivity contribution < 1.29 is 4.39 Å². The van der Waals surface area contributed by atoms with E-state index in [1.165, 1.54) is 18.3 Å². The third kappa shape index (κ3) is 1.23. The molecule has 0 bridgehead atoms. The molecule has 0 fully saturated rings. The minimum Gasteiger partial charge on any atom is -0.263 e. The molecule has 13 heavy (non-hydrogen) atoms. The molecule has 0 aliphatic carbocycles. The van der Waals surface area contributed by atoms with Gasteiger partial charge in [-0.1, -0.05) is 6.07 Å². The summed E-state index contributed by atoms with van der Waals surface area (Å²) in [6, 6.07) is 6.29. The van der Waals surface area contributed by atoms with Crippen LogP contribution in [-0.2, 0) is 0 Å². The van der Waals surface area contributed by atoms with Crippen LogP contribution >= 0.6 is 0 Å². The highest BCUT2D eigenvalue weighted by Crippen LogP contribution is 2.17. The Bertz CT molecular complexity index is 500. The Balaban J connectivity index is 2.87. The van der Waals surface area contributed by atoms with Crippen LogP contribution in [0.25, 0.3) is 10.8 Å². The molecule has 0 saturated heterocycles. The molecule has 0 radical (unpaired) electrons. The van der Waals surface area contributed by atoms with Crippen LogP contribution in [0.15, 0.2) is 30.6 Å². The molecular formula is C10H5FN2. The van der Waals surface area contributed by atoms with Gasteiger partial charge in [0.2, 0.25) is 0 Å². The summed E-state index contributed by atoms with van der Waals surface area (Å²) in [5.41, 5.74) is 0.470. The van der Waals surface area contributed by atoms with Crippen molar-refractivity contribution >= 4 is 10.8 Å². The Kier molecular flexibility index (Phi) is 1.67. The van der Waals surface area contributed by atoms with E-state index in [1.54, 1.807) is 12.3 Å². The first-order chi connectivity index (χ1) is 6.31. The zero-order valence-corrected chi connectivity index (χ0v) is 6.66. The predicted molar refractivity (Wildman–Crippen MR) is 46.4 cm³/mol. The van der Waals surface area contributed by atoms with Crippen molar-refractivity contribution in [2.24, 2.45) is 0 Å². The first kappa shape index (κ1) is 7.69. The summed E-state index contributed by atoms with van der Waals surface area (Å²) >= 11 is 0. The Morgan fingerprint density at radius 2 is 2.15 bits per heavy atom. The van der Waals surface area contributed by atoms with Gasteiger partial charge in [-0.15, -0.1) is 0 Å². The molecule has 0 amide bonds. The van der Waals surface area contributed by atoms with E-state index in [-0.39, 0.29) is 5.82 Å². The Morgan fingerprint density at radius 1 is 1.31 bits per heavy atom. The molecule has 1 aromatic heterocycles. The van der Waals surface area contributed by atoms with Gasteiger partial charge in [-0.2, -0.15) is 5.26 Å². The summed E-state index contributed by atoms with van der Waals surface area (Å²) in [5, 5.41) is 10.1. The van der Waals surface area contributed by atoms with Crippen molar-refractivity contribution in [1.82, 2.24) is 4.98 Å². The summed E-state index contributed by atoms with van der Waals surface area (Å²) < 4.78 is 12.8. The average Bonchev–Trinajstić information content (AvgIpc) is 2.16. The fourth-order valence-electron chi connectivity index (χ4n) is 1.24. The first-order valence-corrected chi connectivity index (χ1v) is 3.74. The summed E-state index contributed by atoms with van der Waals surface area (Å²) in [6.07, 6.45) is 3.01. The molecular weight excluding hydrogens is 167 g/mol. The second-order valence-electron chi connectivity index (χ2n) is 2.66. The molecule has 1 heterocycles. The van der Waals surface area contributed by atoms with Gasteiger partial charge >= 0.3 is 0 Å². The highest BCUT2D eigenvalue weighted by Gasteiger charge is 2.00. The van der Waals surface area contributed by atoms with Crippen molar-refractivity contribution in [3.05, 3.63) is 42.0 Å². The molecule has 0 atom stereocenters. The minimum atomic E-state index is -0.315. The van der Waals surface area contributed by atoms with E-state index in [9.17, 15) is 4.39 Å². The zero-order valence-electron chi connectivity index (χ0n) is 6.66. The standard InChI is InChI=1S/C10H5FN2/c11-9-1-2-10-7(3-9)5-13-6-8(10)4-12/h1-3,5-6H. The van der Waals surface area contributed by atoms with Crippen molar-refractivity contribution in [3.63, 3.8) is 0 Å².